The topological polar surface area (TPSA) is 20.2 Å². The first-order valence-corrected chi connectivity index (χ1v) is 7.35. The largest absolute Gasteiger partial charge is 0.380 e. The Morgan fingerprint density at radius 1 is 1.16 bits per heavy atom. The first-order valence-electron chi connectivity index (χ1n) is 7.35. The van der Waals surface area contributed by atoms with Gasteiger partial charge in [0.1, 0.15) is 6.10 Å². The highest BCUT2D eigenvalue weighted by molar-refractivity contribution is 5.40. The van der Waals surface area contributed by atoms with Crippen molar-refractivity contribution >= 4 is 0 Å². The lowest BCUT2D eigenvalue weighted by atomic mass is 9.93. The average molecular weight is 258 g/mol. The van der Waals surface area contributed by atoms with E-state index in [9.17, 15) is 5.11 Å². The number of unbranched alkanes of at least 4 members (excludes halogenated alkanes) is 1. The normalized spacial score (nSPS) is 13.5. The lowest BCUT2D eigenvalue weighted by Crippen LogP contribution is -2.17. The summed E-state index contributed by atoms with van der Waals surface area (Å²) in [6.45, 7) is 8.49. The minimum atomic E-state index is -0.502. The third kappa shape index (κ3) is 5.09. The van der Waals surface area contributed by atoms with Crippen LogP contribution in [0.5, 0.6) is 0 Å². The molecule has 0 amide bonds. The summed E-state index contributed by atoms with van der Waals surface area (Å²) >= 11 is 0. The fraction of sp³-hybridized carbons (Fsp3) is 0.556. The van der Waals surface area contributed by atoms with Gasteiger partial charge in [-0.05, 0) is 55.9 Å². The second kappa shape index (κ2) is 8.02. The molecule has 1 heteroatoms. The number of aliphatic hydroxyl groups is 1. The molecular formula is C18H26O. The Balaban J connectivity index is 2.71. The molecule has 1 aromatic rings. The quantitative estimate of drug-likeness (QED) is 0.784. The van der Waals surface area contributed by atoms with E-state index in [1.165, 1.54) is 24.0 Å². The molecule has 2 unspecified atom stereocenters. The first kappa shape index (κ1) is 15.8. The Labute approximate surface area is 118 Å². The molecule has 0 saturated heterocycles. The molecule has 0 aliphatic carbocycles. The Morgan fingerprint density at radius 2 is 1.89 bits per heavy atom. The van der Waals surface area contributed by atoms with Crippen molar-refractivity contribution in [1.82, 2.24) is 0 Å². The number of hydrogen-bond donors (Lipinski definition) is 1. The molecule has 0 bridgehead atoms. The van der Waals surface area contributed by atoms with Crippen LogP contribution < -0.4 is 0 Å². The zero-order valence-corrected chi connectivity index (χ0v) is 12.7. The van der Waals surface area contributed by atoms with Crippen LogP contribution in [-0.4, -0.2) is 11.2 Å². The van der Waals surface area contributed by atoms with Gasteiger partial charge in [-0.15, -0.1) is 0 Å². The van der Waals surface area contributed by atoms with Crippen LogP contribution in [0.4, 0.5) is 0 Å². The number of hydrogen-bond acceptors (Lipinski definition) is 1. The van der Waals surface area contributed by atoms with Crippen molar-refractivity contribution < 1.29 is 5.11 Å². The number of aryl methyl sites for hydroxylation is 2. The highest BCUT2D eigenvalue weighted by Gasteiger charge is 2.14. The monoisotopic (exact) mass is 258 g/mol. The summed E-state index contributed by atoms with van der Waals surface area (Å²) in [5.41, 5.74) is 3.52. The Hall–Kier alpha value is -1.26. The highest BCUT2D eigenvalue weighted by atomic mass is 16.3. The van der Waals surface area contributed by atoms with Crippen LogP contribution in [-0.2, 0) is 0 Å². The van der Waals surface area contributed by atoms with E-state index in [1.807, 2.05) is 6.07 Å². The Kier molecular flexibility index (Phi) is 6.67. The smallest absolute Gasteiger partial charge is 0.117 e. The standard InChI is InChI=1S/C18H26O/c1-5-7-8-17(6-2)18(19)12-11-16-10-9-14(3)15(4)13-16/h9-10,13,17-19H,5-8H2,1-4H3. The third-order valence-corrected chi connectivity index (χ3v) is 3.77. The molecule has 0 spiro atoms. The number of benzene rings is 1. The second-order valence-electron chi connectivity index (χ2n) is 5.32. The molecule has 2 atom stereocenters. The van der Waals surface area contributed by atoms with Gasteiger partial charge in [-0.1, -0.05) is 44.6 Å². The molecular weight excluding hydrogens is 232 g/mol. The van der Waals surface area contributed by atoms with Gasteiger partial charge in [0.2, 0.25) is 0 Å². The maximum atomic E-state index is 10.1. The van der Waals surface area contributed by atoms with Gasteiger partial charge < -0.3 is 5.11 Å². The lowest BCUT2D eigenvalue weighted by Gasteiger charge is -2.16. The van der Waals surface area contributed by atoms with E-state index < -0.39 is 6.10 Å². The van der Waals surface area contributed by atoms with Crippen LogP contribution in [0.15, 0.2) is 18.2 Å². The predicted molar refractivity (Wildman–Crippen MR) is 82.1 cm³/mol. The molecule has 0 heterocycles. The van der Waals surface area contributed by atoms with Gasteiger partial charge in [-0.2, -0.15) is 0 Å². The van der Waals surface area contributed by atoms with Crippen molar-refractivity contribution in [2.75, 3.05) is 0 Å². The SMILES string of the molecule is CCCCC(CC)C(O)C#Cc1ccc(C)c(C)c1. The lowest BCUT2D eigenvalue weighted by molar-refractivity contribution is 0.150. The van der Waals surface area contributed by atoms with E-state index in [1.54, 1.807) is 0 Å². The molecule has 0 saturated carbocycles. The van der Waals surface area contributed by atoms with Crippen LogP contribution in [0.2, 0.25) is 0 Å². The van der Waals surface area contributed by atoms with Gasteiger partial charge in [-0.3, -0.25) is 0 Å². The fourth-order valence-electron chi connectivity index (χ4n) is 2.15. The fourth-order valence-corrected chi connectivity index (χ4v) is 2.15. The zero-order valence-electron chi connectivity index (χ0n) is 12.7. The average Bonchev–Trinajstić information content (AvgIpc) is 2.41. The van der Waals surface area contributed by atoms with Crippen molar-refractivity contribution in [3.63, 3.8) is 0 Å². The molecule has 104 valence electrons. The maximum Gasteiger partial charge on any atom is 0.117 e. The van der Waals surface area contributed by atoms with Gasteiger partial charge in [0.15, 0.2) is 0 Å². The Morgan fingerprint density at radius 3 is 2.47 bits per heavy atom. The summed E-state index contributed by atoms with van der Waals surface area (Å²) < 4.78 is 0. The van der Waals surface area contributed by atoms with Crippen LogP contribution in [0.25, 0.3) is 0 Å². The van der Waals surface area contributed by atoms with E-state index in [4.69, 9.17) is 0 Å². The molecule has 0 fully saturated rings. The Bertz CT molecular complexity index is 450. The van der Waals surface area contributed by atoms with E-state index in [2.05, 4.69) is 51.7 Å². The summed E-state index contributed by atoms with van der Waals surface area (Å²) in [5.74, 6) is 6.42. The van der Waals surface area contributed by atoms with Gasteiger partial charge in [0.25, 0.3) is 0 Å². The van der Waals surface area contributed by atoms with E-state index in [0.717, 1.165) is 18.4 Å². The molecule has 1 nitrogen and oxygen atoms in total. The molecule has 0 aliphatic heterocycles. The van der Waals surface area contributed by atoms with E-state index in [0.29, 0.717) is 5.92 Å². The van der Waals surface area contributed by atoms with Crippen LogP contribution >= 0.6 is 0 Å². The van der Waals surface area contributed by atoms with Gasteiger partial charge in [0.05, 0.1) is 0 Å². The van der Waals surface area contributed by atoms with Crippen LogP contribution in [0.3, 0.4) is 0 Å². The molecule has 1 aromatic carbocycles. The van der Waals surface area contributed by atoms with Crippen molar-refractivity contribution in [1.29, 1.82) is 0 Å². The maximum absolute atomic E-state index is 10.1. The van der Waals surface area contributed by atoms with Gasteiger partial charge in [-0.25, -0.2) is 0 Å². The van der Waals surface area contributed by atoms with E-state index >= 15 is 0 Å². The predicted octanol–water partition coefficient (Wildman–Crippen LogP) is 4.23. The van der Waals surface area contributed by atoms with E-state index in [-0.39, 0.29) is 0 Å². The van der Waals surface area contributed by atoms with Gasteiger partial charge >= 0.3 is 0 Å². The van der Waals surface area contributed by atoms with Crippen molar-refractivity contribution in [2.24, 2.45) is 5.92 Å². The first-order chi connectivity index (χ1) is 9.08. The summed E-state index contributed by atoms with van der Waals surface area (Å²) in [6.07, 6.45) is 3.89. The van der Waals surface area contributed by atoms with Crippen molar-refractivity contribution in [3.8, 4) is 11.8 Å². The molecule has 0 aromatic heterocycles. The molecule has 0 radical (unpaired) electrons. The summed E-state index contributed by atoms with van der Waals surface area (Å²) in [5, 5.41) is 10.1. The highest BCUT2D eigenvalue weighted by Crippen LogP contribution is 2.17. The van der Waals surface area contributed by atoms with Crippen LogP contribution in [0, 0.1) is 31.6 Å². The molecule has 1 N–H and O–H groups in total. The minimum Gasteiger partial charge on any atom is -0.380 e. The third-order valence-electron chi connectivity index (χ3n) is 3.77. The number of aliphatic hydroxyl groups excluding tert-OH is 1. The van der Waals surface area contributed by atoms with Crippen LogP contribution in [0.1, 0.15) is 56.2 Å². The second-order valence-corrected chi connectivity index (χ2v) is 5.32. The molecule has 1 rings (SSSR count). The van der Waals surface area contributed by atoms with Crippen molar-refractivity contribution in [3.05, 3.63) is 34.9 Å². The van der Waals surface area contributed by atoms with Gasteiger partial charge in [0, 0.05) is 5.56 Å². The molecule has 19 heavy (non-hydrogen) atoms. The number of rotatable bonds is 5. The summed E-state index contributed by atoms with van der Waals surface area (Å²) in [7, 11) is 0. The summed E-state index contributed by atoms with van der Waals surface area (Å²) in [4.78, 5) is 0. The minimum absolute atomic E-state index is 0.305. The zero-order chi connectivity index (χ0) is 14.3. The van der Waals surface area contributed by atoms with Crippen molar-refractivity contribution in [2.45, 2.75) is 59.5 Å². The molecule has 0 aliphatic rings. The summed E-state index contributed by atoms with van der Waals surface area (Å²) in [6, 6.07) is 6.19.